The summed E-state index contributed by atoms with van der Waals surface area (Å²) in [5.74, 6) is -0.844. The number of hydrogen-bond donors (Lipinski definition) is 3. The lowest BCUT2D eigenvalue weighted by atomic mass is 10.1. The third kappa shape index (κ3) is 3.25. The molecule has 1 aliphatic rings. The number of rotatable bonds is 3. The van der Waals surface area contributed by atoms with E-state index in [1.165, 1.54) is 0 Å². The summed E-state index contributed by atoms with van der Waals surface area (Å²) >= 11 is 0. The summed E-state index contributed by atoms with van der Waals surface area (Å²) < 4.78 is 12.6. The number of nitrogens with one attached hydrogen (secondary N) is 1. The summed E-state index contributed by atoms with van der Waals surface area (Å²) in [5.41, 5.74) is 11.1. The van der Waals surface area contributed by atoms with Crippen LogP contribution in [-0.2, 0) is 9.36 Å². The van der Waals surface area contributed by atoms with Crippen LogP contribution in [0.4, 0.5) is 0 Å². The van der Waals surface area contributed by atoms with E-state index in [1.807, 2.05) is 0 Å². The fraction of sp³-hybridized carbons (Fsp3) is 0.333. The Morgan fingerprint density at radius 1 is 1.30 bits per heavy atom. The van der Waals surface area contributed by atoms with E-state index in [-0.39, 0.29) is 12.5 Å². The third-order valence-corrected chi connectivity index (χ3v) is 4.29. The molecule has 20 heavy (non-hydrogen) atoms. The monoisotopic (exact) mass is 296 g/mol. The van der Waals surface area contributed by atoms with Gasteiger partial charge in [-0.3, -0.25) is 29.8 Å². The van der Waals surface area contributed by atoms with Crippen LogP contribution >= 0.6 is 7.59 Å². The fourth-order valence-electron chi connectivity index (χ4n) is 2.13. The van der Waals surface area contributed by atoms with Crippen molar-refractivity contribution in [1.29, 1.82) is 0 Å². The van der Waals surface area contributed by atoms with Crippen LogP contribution in [0, 0.1) is 0 Å². The van der Waals surface area contributed by atoms with Gasteiger partial charge in [0.25, 0.3) is 11.8 Å². The SMILES string of the molecule is NP(N)(=O)N1CCC[C@@H](NC(=O)c2ccccc2)C1=O. The first-order valence-electron chi connectivity index (χ1n) is 6.24. The maximum atomic E-state index is 12.1. The van der Waals surface area contributed by atoms with Gasteiger partial charge in [0.15, 0.2) is 0 Å². The highest BCUT2D eigenvalue weighted by atomic mass is 31.2. The van der Waals surface area contributed by atoms with Gasteiger partial charge in [0.05, 0.1) is 0 Å². The molecule has 1 atom stereocenters. The van der Waals surface area contributed by atoms with Crippen molar-refractivity contribution in [3.8, 4) is 0 Å². The molecule has 0 radical (unpaired) electrons. The van der Waals surface area contributed by atoms with E-state index in [1.54, 1.807) is 30.3 Å². The van der Waals surface area contributed by atoms with E-state index in [0.29, 0.717) is 18.4 Å². The normalized spacial score (nSPS) is 19.8. The number of benzene rings is 1. The maximum Gasteiger partial charge on any atom is 0.302 e. The zero-order valence-electron chi connectivity index (χ0n) is 10.9. The number of nitrogens with two attached hydrogens (primary N) is 2. The molecule has 0 bridgehead atoms. The van der Waals surface area contributed by atoms with E-state index in [0.717, 1.165) is 4.67 Å². The van der Waals surface area contributed by atoms with Crippen LogP contribution in [0.1, 0.15) is 23.2 Å². The largest absolute Gasteiger partial charge is 0.340 e. The average molecular weight is 296 g/mol. The molecule has 5 N–H and O–H groups in total. The second kappa shape index (κ2) is 5.75. The van der Waals surface area contributed by atoms with Gasteiger partial charge in [-0.2, -0.15) is 0 Å². The summed E-state index contributed by atoms with van der Waals surface area (Å²) in [6.45, 7) is 0.251. The molecule has 0 spiro atoms. The lowest BCUT2D eigenvalue weighted by Crippen LogP contribution is -2.52. The molecule has 2 rings (SSSR count). The number of nitrogens with zero attached hydrogens (tertiary/aromatic N) is 1. The topological polar surface area (TPSA) is 119 Å². The zero-order chi connectivity index (χ0) is 14.8. The van der Waals surface area contributed by atoms with E-state index in [2.05, 4.69) is 5.32 Å². The van der Waals surface area contributed by atoms with Gasteiger partial charge in [-0.05, 0) is 25.0 Å². The van der Waals surface area contributed by atoms with Crippen molar-refractivity contribution in [3.63, 3.8) is 0 Å². The van der Waals surface area contributed by atoms with E-state index in [9.17, 15) is 14.2 Å². The minimum absolute atomic E-state index is 0.251. The molecule has 1 aliphatic heterocycles. The average Bonchev–Trinajstić information content (AvgIpc) is 2.40. The molecule has 0 saturated carbocycles. The van der Waals surface area contributed by atoms with Crippen LogP contribution in [0.2, 0.25) is 0 Å². The van der Waals surface area contributed by atoms with Crippen LogP contribution in [0.5, 0.6) is 0 Å². The molecule has 0 aromatic heterocycles. The van der Waals surface area contributed by atoms with Crippen LogP contribution in [0.15, 0.2) is 30.3 Å². The summed E-state index contributed by atoms with van der Waals surface area (Å²) in [7, 11) is -3.62. The van der Waals surface area contributed by atoms with Crippen LogP contribution in [0.3, 0.4) is 0 Å². The first-order valence-corrected chi connectivity index (χ1v) is 8.04. The molecule has 1 saturated heterocycles. The Balaban J connectivity index is 2.08. The van der Waals surface area contributed by atoms with Crippen molar-refractivity contribution in [2.75, 3.05) is 6.54 Å². The standard InChI is InChI=1S/C12H17N4O3P/c13-20(14,19)16-8-4-7-10(12(16)18)15-11(17)9-5-2-1-3-6-9/h1-3,5-6,10H,4,7-8H2,(H,15,17)(H4,13,14,19)/t10-/m1/s1. The molecule has 2 amide bonds. The van der Waals surface area contributed by atoms with E-state index in [4.69, 9.17) is 11.0 Å². The lowest BCUT2D eigenvalue weighted by Gasteiger charge is -2.34. The molecule has 7 nitrogen and oxygen atoms in total. The van der Waals surface area contributed by atoms with Crippen molar-refractivity contribution in [1.82, 2.24) is 9.99 Å². The molecular weight excluding hydrogens is 279 g/mol. The number of hydrogen-bond acceptors (Lipinski definition) is 3. The third-order valence-electron chi connectivity index (χ3n) is 3.13. The highest BCUT2D eigenvalue weighted by molar-refractivity contribution is 7.57. The van der Waals surface area contributed by atoms with Gasteiger partial charge in [0.2, 0.25) is 0 Å². The molecule has 108 valence electrons. The van der Waals surface area contributed by atoms with Gasteiger partial charge in [-0.25, -0.2) is 0 Å². The Labute approximate surface area is 116 Å². The summed E-state index contributed by atoms with van der Waals surface area (Å²) in [6.07, 6.45) is 1.07. The maximum absolute atomic E-state index is 12.1. The molecule has 1 heterocycles. The minimum atomic E-state index is -3.62. The van der Waals surface area contributed by atoms with Gasteiger partial charge in [0, 0.05) is 12.1 Å². The van der Waals surface area contributed by atoms with Crippen molar-refractivity contribution in [2.24, 2.45) is 11.0 Å². The smallest absolute Gasteiger partial charge is 0.302 e. The van der Waals surface area contributed by atoms with Gasteiger partial charge in [0.1, 0.15) is 6.04 Å². The van der Waals surface area contributed by atoms with Crippen molar-refractivity contribution >= 4 is 19.4 Å². The van der Waals surface area contributed by atoms with Crippen molar-refractivity contribution in [2.45, 2.75) is 18.9 Å². The van der Waals surface area contributed by atoms with Crippen LogP contribution in [0.25, 0.3) is 0 Å². The summed E-state index contributed by atoms with van der Waals surface area (Å²) in [4.78, 5) is 24.1. The Morgan fingerprint density at radius 2 is 1.95 bits per heavy atom. The molecule has 8 heteroatoms. The molecule has 0 aliphatic carbocycles. The fourth-order valence-corrected chi connectivity index (χ4v) is 3.04. The first kappa shape index (κ1) is 14.7. The van der Waals surface area contributed by atoms with Gasteiger partial charge in [-0.15, -0.1) is 0 Å². The van der Waals surface area contributed by atoms with Crippen LogP contribution in [-0.4, -0.2) is 29.1 Å². The number of carbonyl (C=O) groups excluding carboxylic acids is 2. The first-order chi connectivity index (χ1) is 9.39. The minimum Gasteiger partial charge on any atom is -0.340 e. The molecule has 1 fully saturated rings. The molecular formula is C12H17N4O3P. The van der Waals surface area contributed by atoms with E-state index < -0.39 is 19.5 Å². The summed E-state index contributed by atoms with van der Waals surface area (Å²) in [6, 6.07) is 7.82. The Bertz CT molecular complexity index is 557. The molecule has 0 unspecified atom stereocenters. The second-order valence-corrected chi connectivity index (χ2v) is 6.50. The lowest BCUT2D eigenvalue weighted by molar-refractivity contribution is -0.130. The molecule has 1 aromatic carbocycles. The quantitative estimate of drug-likeness (QED) is 0.699. The second-order valence-electron chi connectivity index (χ2n) is 4.67. The van der Waals surface area contributed by atoms with Crippen molar-refractivity contribution < 1.29 is 14.2 Å². The zero-order valence-corrected chi connectivity index (χ0v) is 11.8. The Hall–Kier alpha value is -1.69. The van der Waals surface area contributed by atoms with Crippen molar-refractivity contribution in [3.05, 3.63) is 35.9 Å². The van der Waals surface area contributed by atoms with Crippen LogP contribution < -0.4 is 16.3 Å². The predicted octanol–water partition coefficient (Wildman–Crippen LogP) is 0.433. The highest BCUT2D eigenvalue weighted by Crippen LogP contribution is 2.35. The predicted molar refractivity (Wildman–Crippen MR) is 74.6 cm³/mol. The van der Waals surface area contributed by atoms with Gasteiger partial charge in [-0.1, -0.05) is 18.2 Å². The van der Waals surface area contributed by atoms with Gasteiger partial charge >= 0.3 is 7.59 Å². The highest BCUT2D eigenvalue weighted by Gasteiger charge is 2.36. The summed E-state index contributed by atoms with van der Waals surface area (Å²) in [5, 5.41) is 2.62. The number of amides is 2. The molecule has 1 aromatic rings. The Morgan fingerprint density at radius 3 is 2.55 bits per heavy atom. The number of piperidine rings is 1. The number of carbonyl (C=O) groups is 2. The van der Waals surface area contributed by atoms with Gasteiger partial charge < -0.3 is 5.32 Å². The Kier molecular flexibility index (Phi) is 4.23. The van der Waals surface area contributed by atoms with E-state index >= 15 is 0 Å².